The van der Waals surface area contributed by atoms with Crippen molar-refractivity contribution in [3.8, 4) is 17.2 Å². The van der Waals surface area contributed by atoms with E-state index in [2.05, 4.69) is 0 Å². The van der Waals surface area contributed by atoms with E-state index in [1.54, 1.807) is 72.8 Å². The van der Waals surface area contributed by atoms with Crippen LogP contribution < -0.4 is 4.74 Å². The monoisotopic (exact) mass is 566 g/mol. The minimum absolute atomic E-state index is 0.0382. The van der Waals surface area contributed by atoms with E-state index < -0.39 is 0 Å². The van der Waals surface area contributed by atoms with Gasteiger partial charge in [0.1, 0.15) is 17.2 Å². The van der Waals surface area contributed by atoms with Gasteiger partial charge in [0.05, 0.1) is 24.3 Å². The Hall–Kier alpha value is -4.91. The number of aromatic hydroxyl groups is 2. The Bertz CT molecular complexity index is 1380. The highest BCUT2D eigenvalue weighted by atomic mass is 16.5. The van der Waals surface area contributed by atoms with E-state index in [1.807, 2.05) is 18.2 Å². The summed E-state index contributed by atoms with van der Waals surface area (Å²) < 4.78 is 11.0. The van der Waals surface area contributed by atoms with Crippen molar-refractivity contribution in [2.24, 2.45) is 0 Å². The van der Waals surface area contributed by atoms with E-state index in [9.17, 15) is 24.6 Å². The lowest BCUT2D eigenvalue weighted by atomic mass is 9.99. The Morgan fingerprint density at radius 1 is 0.595 bits per heavy atom. The summed E-state index contributed by atoms with van der Waals surface area (Å²) in [4.78, 5) is 37.1. The van der Waals surface area contributed by atoms with Crippen molar-refractivity contribution in [3.05, 3.63) is 125 Å². The molecule has 0 bridgehead atoms. The van der Waals surface area contributed by atoms with Gasteiger partial charge in [0, 0.05) is 23.6 Å². The summed E-state index contributed by atoms with van der Waals surface area (Å²) >= 11 is 0. The van der Waals surface area contributed by atoms with E-state index in [-0.39, 0.29) is 46.6 Å². The van der Waals surface area contributed by atoms with Crippen LogP contribution in [0.15, 0.2) is 97.1 Å². The first-order chi connectivity index (χ1) is 20.4. The molecular weight excluding hydrogens is 532 g/mol. The zero-order valence-corrected chi connectivity index (χ0v) is 23.3. The van der Waals surface area contributed by atoms with Crippen LogP contribution in [0.3, 0.4) is 0 Å². The molecular formula is C35H34O7. The summed E-state index contributed by atoms with van der Waals surface area (Å²) in [5.74, 6) is -0.476. The zero-order chi connectivity index (χ0) is 29.7. The van der Waals surface area contributed by atoms with Crippen LogP contribution in [0.2, 0.25) is 0 Å². The topological polar surface area (TPSA) is 110 Å². The molecule has 0 saturated heterocycles. The van der Waals surface area contributed by atoms with Crippen LogP contribution in [0.4, 0.5) is 0 Å². The molecule has 2 N–H and O–H groups in total. The van der Waals surface area contributed by atoms with Gasteiger partial charge in [-0.25, -0.2) is 0 Å². The highest BCUT2D eigenvalue weighted by molar-refractivity contribution is 6.11. The number of carbonyl (C=O) groups excluding carboxylic acids is 3. The van der Waals surface area contributed by atoms with Crippen molar-refractivity contribution in [2.75, 3.05) is 13.2 Å². The van der Waals surface area contributed by atoms with Crippen LogP contribution in [-0.2, 0) is 16.0 Å². The first-order valence-electron chi connectivity index (χ1n) is 14.0. The first kappa shape index (κ1) is 30.1. The average Bonchev–Trinajstić information content (AvgIpc) is 3.01. The van der Waals surface area contributed by atoms with Crippen molar-refractivity contribution < 1.29 is 34.1 Å². The number of esters is 1. The molecule has 4 rings (SSSR count). The summed E-state index contributed by atoms with van der Waals surface area (Å²) in [6, 6.07) is 27.3. The fraction of sp³-hybridized carbons (Fsp3) is 0.229. The van der Waals surface area contributed by atoms with Gasteiger partial charge in [-0.1, -0.05) is 66.7 Å². The maximum Gasteiger partial charge on any atom is 0.305 e. The lowest BCUT2D eigenvalue weighted by molar-refractivity contribution is -0.143. The van der Waals surface area contributed by atoms with Crippen molar-refractivity contribution in [1.82, 2.24) is 0 Å². The van der Waals surface area contributed by atoms with Crippen LogP contribution in [0, 0.1) is 0 Å². The minimum atomic E-state index is -0.266. The molecule has 0 spiro atoms. The molecule has 0 fully saturated rings. The van der Waals surface area contributed by atoms with Crippen LogP contribution in [-0.4, -0.2) is 41.0 Å². The lowest BCUT2D eigenvalue weighted by Crippen LogP contribution is -2.07. The highest BCUT2D eigenvalue weighted by Crippen LogP contribution is 2.26. The number of ether oxygens (including phenoxy) is 2. The third-order valence-electron chi connectivity index (χ3n) is 6.76. The predicted octanol–water partition coefficient (Wildman–Crippen LogP) is 6.68. The number of hydrogen-bond donors (Lipinski definition) is 2. The molecule has 0 heterocycles. The van der Waals surface area contributed by atoms with Gasteiger partial charge in [0.2, 0.25) is 0 Å². The largest absolute Gasteiger partial charge is 0.507 e. The zero-order valence-electron chi connectivity index (χ0n) is 23.3. The molecule has 0 unspecified atom stereocenters. The number of rotatable bonds is 15. The fourth-order valence-electron chi connectivity index (χ4n) is 4.46. The Morgan fingerprint density at radius 2 is 1.17 bits per heavy atom. The van der Waals surface area contributed by atoms with Crippen LogP contribution in [0.1, 0.15) is 69.5 Å². The third kappa shape index (κ3) is 8.54. The number of ketones is 2. The van der Waals surface area contributed by atoms with E-state index >= 15 is 0 Å². The summed E-state index contributed by atoms with van der Waals surface area (Å²) in [7, 11) is 0. The number of aryl methyl sites for hydroxylation is 1. The van der Waals surface area contributed by atoms with Gasteiger partial charge in [-0.15, -0.1) is 0 Å². The van der Waals surface area contributed by atoms with Crippen LogP contribution >= 0.6 is 0 Å². The number of carbonyl (C=O) groups is 3. The number of phenols is 2. The van der Waals surface area contributed by atoms with E-state index in [4.69, 9.17) is 9.47 Å². The summed E-state index contributed by atoms with van der Waals surface area (Å²) in [6.07, 6.45) is 3.67. The molecule has 0 amide bonds. The fourth-order valence-corrected chi connectivity index (χ4v) is 4.46. The average molecular weight is 567 g/mol. The summed E-state index contributed by atoms with van der Waals surface area (Å²) in [5, 5.41) is 20.6. The van der Waals surface area contributed by atoms with E-state index in [1.165, 1.54) is 6.07 Å². The van der Waals surface area contributed by atoms with E-state index in [0.717, 1.165) is 12.0 Å². The van der Waals surface area contributed by atoms with Gasteiger partial charge in [-0.2, -0.15) is 0 Å². The predicted molar refractivity (Wildman–Crippen MR) is 159 cm³/mol. The molecule has 42 heavy (non-hydrogen) atoms. The number of phenolic OH excluding ortho intramolecular Hbond substituents is 2. The maximum atomic E-state index is 12.6. The molecule has 7 heteroatoms. The van der Waals surface area contributed by atoms with Crippen molar-refractivity contribution in [1.29, 1.82) is 0 Å². The number of hydrogen-bond acceptors (Lipinski definition) is 7. The maximum absolute atomic E-state index is 12.6. The summed E-state index contributed by atoms with van der Waals surface area (Å²) in [6.45, 7) is 0.681. The Morgan fingerprint density at radius 3 is 1.76 bits per heavy atom. The Kier molecular flexibility index (Phi) is 10.9. The molecule has 0 aliphatic rings. The number of unbranched alkanes of at least 4 members (excludes halogenated alkanes) is 2. The second-order valence-corrected chi connectivity index (χ2v) is 9.90. The van der Waals surface area contributed by atoms with Crippen LogP contribution in [0.5, 0.6) is 17.2 Å². The third-order valence-corrected chi connectivity index (χ3v) is 6.76. The lowest BCUT2D eigenvalue weighted by Gasteiger charge is -2.09. The van der Waals surface area contributed by atoms with Crippen molar-refractivity contribution in [3.63, 3.8) is 0 Å². The van der Waals surface area contributed by atoms with Gasteiger partial charge in [0.15, 0.2) is 11.6 Å². The molecule has 4 aromatic rings. The molecule has 0 atom stereocenters. The smallest absolute Gasteiger partial charge is 0.305 e. The van der Waals surface area contributed by atoms with Gasteiger partial charge in [-0.05, 0) is 61.9 Å². The molecule has 0 aliphatic heterocycles. The molecule has 0 radical (unpaired) electrons. The normalized spacial score (nSPS) is 10.7. The minimum Gasteiger partial charge on any atom is -0.507 e. The van der Waals surface area contributed by atoms with Gasteiger partial charge in [-0.3, -0.25) is 14.4 Å². The molecule has 7 nitrogen and oxygen atoms in total. The highest BCUT2D eigenvalue weighted by Gasteiger charge is 2.15. The Balaban J connectivity index is 1.08. The Labute approximate surface area is 245 Å². The molecule has 4 aromatic carbocycles. The van der Waals surface area contributed by atoms with Gasteiger partial charge < -0.3 is 19.7 Å². The molecule has 216 valence electrons. The second-order valence-electron chi connectivity index (χ2n) is 9.90. The van der Waals surface area contributed by atoms with Gasteiger partial charge >= 0.3 is 5.97 Å². The first-order valence-corrected chi connectivity index (χ1v) is 14.0. The number of benzene rings is 4. The molecule has 0 aliphatic carbocycles. The molecule has 0 aromatic heterocycles. The SMILES string of the molecule is O=C(CCCCOc1ccc(C(=O)c2ccccc2)c(O)c1)OCCCCc1ccc(C(=O)c2ccccc2)c(O)c1. The second kappa shape index (κ2) is 15.2. The van der Waals surface area contributed by atoms with Crippen molar-refractivity contribution in [2.45, 2.75) is 38.5 Å². The van der Waals surface area contributed by atoms with E-state index in [0.29, 0.717) is 55.8 Å². The molecule has 0 saturated carbocycles. The van der Waals surface area contributed by atoms with Gasteiger partial charge in [0.25, 0.3) is 0 Å². The van der Waals surface area contributed by atoms with Crippen molar-refractivity contribution >= 4 is 17.5 Å². The summed E-state index contributed by atoms with van der Waals surface area (Å²) in [5.41, 5.74) is 2.42. The van der Waals surface area contributed by atoms with Crippen LogP contribution in [0.25, 0.3) is 0 Å². The standard InChI is InChI=1S/C35H34O7/c36-31-23-25(17-19-29(31)34(39)26-12-3-1-4-13-26)11-7-9-22-42-33(38)16-8-10-21-41-28-18-20-30(32(37)24-28)35(40)27-14-5-2-6-15-27/h1-6,12-15,17-20,23-24,36-37H,7-11,16,21-22H2. The quantitative estimate of drug-likeness (QED) is 0.0939.